The second-order valence-electron chi connectivity index (χ2n) is 4.63. The van der Waals surface area contributed by atoms with Gasteiger partial charge in [0, 0.05) is 25.1 Å². The van der Waals surface area contributed by atoms with Gasteiger partial charge in [0.1, 0.15) is 10.7 Å². The molecule has 0 saturated carbocycles. The van der Waals surface area contributed by atoms with Crippen molar-refractivity contribution in [2.45, 2.75) is 25.8 Å². The van der Waals surface area contributed by atoms with Crippen LogP contribution in [0.5, 0.6) is 0 Å². The molecule has 1 aromatic rings. The lowest BCUT2D eigenvalue weighted by Crippen LogP contribution is -2.26. The van der Waals surface area contributed by atoms with Gasteiger partial charge in [0.25, 0.3) is 5.91 Å². The van der Waals surface area contributed by atoms with Crippen LogP contribution in [0.1, 0.15) is 41.3 Å². The molecule has 2 heterocycles. The first kappa shape index (κ1) is 13.5. The van der Waals surface area contributed by atoms with Crippen LogP contribution in [0.15, 0.2) is 5.38 Å². The van der Waals surface area contributed by atoms with E-state index in [-0.39, 0.29) is 11.9 Å². The molecule has 1 aromatic heterocycles. The Labute approximate surface area is 111 Å². The number of ether oxygens (including phenoxy) is 1. The van der Waals surface area contributed by atoms with Gasteiger partial charge in [0.05, 0.1) is 6.04 Å². The number of nitrogens with zero attached hydrogens (tertiary/aromatic N) is 1. The Kier molecular flexibility index (Phi) is 4.68. The molecule has 1 aliphatic heterocycles. The van der Waals surface area contributed by atoms with Gasteiger partial charge in [-0.1, -0.05) is 0 Å². The van der Waals surface area contributed by atoms with Crippen LogP contribution in [0.25, 0.3) is 0 Å². The lowest BCUT2D eigenvalue weighted by atomic mass is 10.1. The standard InChI is InChI=1S/C12H19N3O2S/c1-8(13)12-15-10(7-18-12)11(16)14-4-2-9-3-5-17-6-9/h7-9H,2-6,13H2,1H3,(H,14,16). The normalized spacial score (nSPS) is 20.9. The van der Waals surface area contributed by atoms with E-state index in [1.165, 1.54) is 11.3 Å². The summed E-state index contributed by atoms with van der Waals surface area (Å²) in [4.78, 5) is 16.0. The van der Waals surface area contributed by atoms with Crippen molar-refractivity contribution in [2.24, 2.45) is 11.7 Å². The van der Waals surface area contributed by atoms with Crippen molar-refractivity contribution in [3.8, 4) is 0 Å². The van der Waals surface area contributed by atoms with Crippen LogP contribution >= 0.6 is 11.3 Å². The molecule has 2 atom stereocenters. The lowest BCUT2D eigenvalue weighted by Gasteiger charge is -2.07. The van der Waals surface area contributed by atoms with Gasteiger partial charge < -0.3 is 15.8 Å². The van der Waals surface area contributed by atoms with Gasteiger partial charge in [-0.3, -0.25) is 4.79 Å². The largest absolute Gasteiger partial charge is 0.381 e. The molecular weight excluding hydrogens is 250 g/mol. The minimum atomic E-state index is -0.118. The van der Waals surface area contributed by atoms with Crippen molar-refractivity contribution in [2.75, 3.05) is 19.8 Å². The van der Waals surface area contributed by atoms with E-state index in [9.17, 15) is 4.79 Å². The summed E-state index contributed by atoms with van der Waals surface area (Å²) in [6, 6.07) is -0.118. The van der Waals surface area contributed by atoms with Crippen LogP contribution in [-0.2, 0) is 4.74 Å². The Bertz CT molecular complexity index is 400. The predicted molar refractivity (Wildman–Crippen MR) is 70.6 cm³/mol. The van der Waals surface area contributed by atoms with Crippen molar-refractivity contribution >= 4 is 17.2 Å². The maximum Gasteiger partial charge on any atom is 0.270 e. The molecule has 0 aromatic carbocycles. The third kappa shape index (κ3) is 3.51. The maximum absolute atomic E-state index is 11.8. The topological polar surface area (TPSA) is 77.2 Å². The van der Waals surface area contributed by atoms with Crippen LogP contribution in [0.2, 0.25) is 0 Å². The quantitative estimate of drug-likeness (QED) is 0.845. The summed E-state index contributed by atoms with van der Waals surface area (Å²) in [6.45, 7) is 4.21. The number of nitrogens with one attached hydrogen (secondary N) is 1. The molecule has 5 nitrogen and oxygen atoms in total. The summed E-state index contributed by atoms with van der Waals surface area (Å²) in [6.07, 6.45) is 2.07. The fraction of sp³-hybridized carbons (Fsp3) is 0.667. The van der Waals surface area contributed by atoms with Crippen LogP contribution in [-0.4, -0.2) is 30.6 Å². The lowest BCUT2D eigenvalue weighted by molar-refractivity contribution is 0.0946. The molecule has 18 heavy (non-hydrogen) atoms. The molecule has 0 spiro atoms. The van der Waals surface area contributed by atoms with Gasteiger partial charge in [0.2, 0.25) is 0 Å². The zero-order chi connectivity index (χ0) is 13.0. The van der Waals surface area contributed by atoms with E-state index in [2.05, 4.69) is 10.3 Å². The molecule has 6 heteroatoms. The average Bonchev–Trinajstić information content (AvgIpc) is 2.99. The van der Waals surface area contributed by atoms with E-state index in [1.54, 1.807) is 5.38 Å². The summed E-state index contributed by atoms with van der Waals surface area (Å²) in [5.74, 6) is 0.470. The van der Waals surface area contributed by atoms with Crippen molar-refractivity contribution in [3.05, 3.63) is 16.1 Å². The number of carbonyl (C=O) groups excluding carboxylic acids is 1. The highest BCUT2D eigenvalue weighted by Gasteiger charge is 2.16. The number of hydrogen-bond donors (Lipinski definition) is 2. The maximum atomic E-state index is 11.8. The van der Waals surface area contributed by atoms with Gasteiger partial charge in [-0.2, -0.15) is 0 Å². The first-order valence-electron chi connectivity index (χ1n) is 6.23. The van der Waals surface area contributed by atoms with Gasteiger partial charge in [-0.15, -0.1) is 11.3 Å². The van der Waals surface area contributed by atoms with Gasteiger partial charge in [-0.25, -0.2) is 4.98 Å². The predicted octanol–water partition coefficient (Wildman–Crippen LogP) is 1.32. The van der Waals surface area contributed by atoms with E-state index in [1.807, 2.05) is 6.92 Å². The van der Waals surface area contributed by atoms with E-state index in [0.717, 1.165) is 31.1 Å². The molecule has 1 amide bonds. The minimum absolute atomic E-state index is 0.114. The molecule has 100 valence electrons. The van der Waals surface area contributed by atoms with E-state index < -0.39 is 0 Å². The summed E-state index contributed by atoms with van der Waals surface area (Å²) in [5.41, 5.74) is 6.18. The number of aromatic nitrogens is 1. The fourth-order valence-corrected chi connectivity index (χ4v) is 2.65. The summed E-state index contributed by atoms with van der Waals surface area (Å²) < 4.78 is 5.29. The zero-order valence-corrected chi connectivity index (χ0v) is 11.3. The van der Waals surface area contributed by atoms with Crippen LogP contribution in [0.3, 0.4) is 0 Å². The minimum Gasteiger partial charge on any atom is -0.381 e. The number of thiazole rings is 1. The van der Waals surface area contributed by atoms with E-state index in [0.29, 0.717) is 18.2 Å². The van der Waals surface area contributed by atoms with E-state index >= 15 is 0 Å². The van der Waals surface area contributed by atoms with Crippen molar-refractivity contribution in [1.82, 2.24) is 10.3 Å². The summed E-state index contributed by atoms with van der Waals surface area (Å²) >= 11 is 1.43. The number of nitrogens with two attached hydrogens (primary N) is 1. The average molecular weight is 269 g/mol. The molecule has 2 unspecified atom stereocenters. The van der Waals surface area contributed by atoms with Gasteiger partial charge in [0.15, 0.2) is 0 Å². The van der Waals surface area contributed by atoms with Crippen LogP contribution < -0.4 is 11.1 Å². The Morgan fingerprint density at radius 2 is 2.61 bits per heavy atom. The Balaban J connectivity index is 1.76. The Morgan fingerprint density at radius 3 is 3.22 bits per heavy atom. The molecule has 1 fully saturated rings. The third-order valence-electron chi connectivity index (χ3n) is 3.01. The van der Waals surface area contributed by atoms with Gasteiger partial charge in [-0.05, 0) is 25.7 Å². The Morgan fingerprint density at radius 1 is 1.78 bits per heavy atom. The van der Waals surface area contributed by atoms with Gasteiger partial charge >= 0.3 is 0 Å². The SMILES string of the molecule is CC(N)c1nc(C(=O)NCCC2CCOC2)cs1. The second kappa shape index (κ2) is 6.26. The molecule has 0 radical (unpaired) electrons. The molecule has 1 aliphatic rings. The molecule has 2 rings (SSSR count). The van der Waals surface area contributed by atoms with Crippen molar-refractivity contribution in [1.29, 1.82) is 0 Å². The molecular formula is C12H19N3O2S. The smallest absolute Gasteiger partial charge is 0.270 e. The van der Waals surface area contributed by atoms with Crippen LogP contribution in [0.4, 0.5) is 0 Å². The van der Waals surface area contributed by atoms with Crippen molar-refractivity contribution < 1.29 is 9.53 Å². The van der Waals surface area contributed by atoms with Crippen molar-refractivity contribution in [3.63, 3.8) is 0 Å². The monoisotopic (exact) mass is 269 g/mol. The number of rotatable bonds is 5. The highest BCUT2D eigenvalue weighted by Crippen LogP contribution is 2.17. The molecule has 3 N–H and O–H groups in total. The first-order valence-corrected chi connectivity index (χ1v) is 7.11. The summed E-state index contributed by atoms with van der Waals surface area (Å²) in [5, 5.41) is 5.44. The third-order valence-corrected chi connectivity index (χ3v) is 4.05. The molecule has 0 aliphatic carbocycles. The molecule has 0 bridgehead atoms. The van der Waals surface area contributed by atoms with Crippen LogP contribution in [0, 0.1) is 5.92 Å². The second-order valence-corrected chi connectivity index (χ2v) is 5.52. The highest BCUT2D eigenvalue weighted by atomic mass is 32.1. The number of carbonyl (C=O) groups is 1. The first-order chi connectivity index (χ1) is 8.66. The highest BCUT2D eigenvalue weighted by molar-refractivity contribution is 7.09. The Hall–Kier alpha value is -0.980. The fourth-order valence-electron chi connectivity index (χ4n) is 1.89. The summed E-state index contributed by atoms with van der Waals surface area (Å²) in [7, 11) is 0. The molecule has 1 saturated heterocycles. The zero-order valence-electron chi connectivity index (χ0n) is 10.5. The number of hydrogen-bond acceptors (Lipinski definition) is 5. The number of amides is 1. The van der Waals surface area contributed by atoms with E-state index in [4.69, 9.17) is 10.5 Å².